The number of amides is 1. The maximum Gasteiger partial charge on any atom is 0.246 e. The molecule has 1 fully saturated rings. The quantitative estimate of drug-likeness (QED) is 0.693. The molecule has 1 heterocycles. The minimum atomic E-state index is 0.102. The Hall–Kier alpha value is -0.480. The van der Waals surface area contributed by atoms with Crippen LogP contribution in [0.15, 0.2) is 12.2 Å². The second kappa shape index (κ2) is 6.09. The zero-order valence-corrected chi connectivity index (χ0v) is 9.43. The fourth-order valence-corrected chi connectivity index (χ4v) is 2.52. The van der Waals surface area contributed by atoms with Crippen molar-refractivity contribution in [3.63, 3.8) is 0 Å². The molecule has 80 valence electrons. The van der Waals surface area contributed by atoms with Crippen LogP contribution in [-0.4, -0.2) is 41.4 Å². The summed E-state index contributed by atoms with van der Waals surface area (Å²) < 4.78 is 0. The molecule has 1 rings (SSSR count). The van der Waals surface area contributed by atoms with Crippen molar-refractivity contribution < 1.29 is 4.79 Å². The molecule has 1 aliphatic heterocycles. The number of hydrogen-bond acceptors (Lipinski definition) is 3. The van der Waals surface area contributed by atoms with Gasteiger partial charge in [-0.25, -0.2) is 0 Å². The topological polar surface area (TPSA) is 46.3 Å². The van der Waals surface area contributed by atoms with Crippen LogP contribution < -0.4 is 5.73 Å². The first-order chi connectivity index (χ1) is 6.75. The van der Waals surface area contributed by atoms with Gasteiger partial charge in [-0.2, -0.15) is 11.8 Å². The van der Waals surface area contributed by atoms with E-state index in [-0.39, 0.29) is 5.91 Å². The average molecular weight is 214 g/mol. The fourth-order valence-electron chi connectivity index (χ4n) is 1.49. The van der Waals surface area contributed by atoms with E-state index in [2.05, 4.69) is 6.92 Å². The highest BCUT2D eigenvalue weighted by atomic mass is 32.2. The van der Waals surface area contributed by atoms with Crippen molar-refractivity contribution in [2.45, 2.75) is 19.4 Å². The molecule has 1 aliphatic rings. The highest BCUT2D eigenvalue weighted by molar-refractivity contribution is 7.99. The largest absolute Gasteiger partial charge is 0.336 e. The molecule has 1 saturated heterocycles. The highest BCUT2D eigenvalue weighted by Gasteiger charge is 2.19. The van der Waals surface area contributed by atoms with E-state index in [1.165, 1.54) is 0 Å². The first-order valence-corrected chi connectivity index (χ1v) is 6.16. The van der Waals surface area contributed by atoms with E-state index in [4.69, 9.17) is 5.73 Å². The van der Waals surface area contributed by atoms with E-state index >= 15 is 0 Å². The molecule has 1 atom stereocenters. The maximum atomic E-state index is 11.7. The van der Waals surface area contributed by atoms with Crippen molar-refractivity contribution in [1.82, 2.24) is 4.90 Å². The molecule has 1 amide bonds. The molecule has 0 spiro atoms. The van der Waals surface area contributed by atoms with Gasteiger partial charge in [-0.05, 0) is 19.1 Å². The van der Waals surface area contributed by atoms with Gasteiger partial charge in [0, 0.05) is 31.0 Å². The lowest BCUT2D eigenvalue weighted by Crippen LogP contribution is -2.38. The molecule has 0 aromatic carbocycles. The van der Waals surface area contributed by atoms with Crippen LogP contribution in [-0.2, 0) is 4.79 Å². The van der Waals surface area contributed by atoms with Crippen LogP contribution in [0.1, 0.15) is 13.3 Å². The van der Waals surface area contributed by atoms with Gasteiger partial charge in [-0.1, -0.05) is 6.08 Å². The molecule has 14 heavy (non-hydrogen) atoms. The van der Waals surface area contributed by atoms with Crippen LogP contribution in [0.5, 0.6) is 0 Å². The summed E-state index contributed by atoms with van der Waals surface area (Å²) in [5, 5.41) is 0. The van der Waals surface area contributed by atoms with Crippen molar-refractivity contribution in [1.29, 1.82) is 0 Å². The van der Waals surface area contributed by atoms with E-state index < -0.39 is 0 Å². The summed E-state index contributed by atoms with van der Waals surface area (Å²) in [5.41, 5.74) is 5.31. The van der Waals surface area contributed by atoms with Crippen LogP contribution >= 0.6 is 11.8 Å². The summed E-state index contributed by atoms with van der Waals surface area (Å²) in [5.74, 6) is 2.31. The molecule has 0 bridgehead atoms. The maximum absolute atomic E-state index is 11.7. The van der Waals surface area contributed by atoms with Crippen LogP contribution in [0.4, 0.5) is 0 Å². The fraction of sp³-hybridized carbons (Fsp3) is 0.700. The first-order valence-electron chi connectivity index (χ1n) is 5.00. The van der Waals surface area contributed by atoms with E-state index in [1.807, 2.05) is 16.7 Å². The van der Waals surface area contributed by atoms with Gasteiger partial charge in [0.05, 0.1) is 0 Å². The van der Waals surface area contributed by atoms with Crippen molar-refractivity contribution in [2.24, 2.45) is 5.73 Å². The molecular weight excluding hydrogens is 196 g/mol. The van der Waals surface area contributed by atoms with E-state index in [9.17, 15) is 4.79 Å². The summed E-state index contributed by atoms with van der Waals surface area (Å²) in [6.07, 6.45) is 4.40. The number of hydrogen-bond donors (Lipinski definition) is 1. The van der Waals surface area contributed by atoms with Gasteiger partial charge in [0.25, 0.3) is 0 Å². The summed E-state index contributed by atoms with van der Waals surface area (Å²) >= 11 is 1.92. The van der Waals surface area contributed by atoms with Crippen LogP contribution in [0.25, 0.3) is 0 Å². The molecule has 1 unspecified atom stereocenters. The Morgan fingerprint density at radius 3 is 3.14 bits per heavy atom. The molecule has 0 aliphatic carbocycles. The Bertz CT molecular complexity index is 218. The van der Waals surface area contributed by atoms with Crippen LogP contribution in [0.3, 0.4) is 0 Å². The Kier molecular flexibility index (Phi) is 5.04. The molecule has 0 radical (unpaired) electrons. The lowest BCUT2D eigenvalue weighted by molar-refractivity contribution is -0.127. The Morgan fingerprint density at radius 1 is 1.64 bits per heavy atom. The zero-order valence-electron chi connectivity index (χ0n) is 8.61. The third-order valence-corrected chi connectivity index (χ3v) is 3.36. The summed E-state index contributed by atoms with van der Waals surface area (Å²) in [6, 6.07) is 0.361. The number of thioether (sulfide) groups is 1. The number of carbonyl (C=O) groups is 1. The normalized spacial score (nSPS) is 23.9. The second-order valence-corrected chi connectivity index (χ2v) is 4.64. The molecular formula is C10H18N2OS. The average Bonchev–Trinajstić information content (AvgIpc) is 2.39. The van der Waals surface area contributed by atoms with Crippen molar-refractivity contribution in [3.05, 3.63) is 12.2 Å². The smallest absolute Gasteiger partial charge is 0.246 e. The van der Waals surface area contributed by atoms with Crippen molar-refractivity contribution >= 4 is 17.7 Å². The highest BCUT2D eigenvalue weighted by Crippen LogP contribution is 2.16. The Balaban J connectivity index is 2.54. The lowest BCUT2D eigenvalue weighted by atomic mass is 10.2. The summed E-state index contributed by atoms with van der Waals surface area (Å²) in [4.78, 5) is 13.6. The number of carbonyl (C=O) groups excluding carboxylic acids is 1. The van der Waals surface area contributed by atoms with Crippen LogP contribution in [0.2, 0.25) is 0 Å². The molecule has 3 nitrogen and oxygen atoms in total. The van der Waals surface area contributed by atoms with Gasteiger partial charge in [0.1, 0.15) is 0 Å². The van der Waals surface area contributed by atoms with Gasteiger partial charge < -0.3 is 10.6 Å². The van der Waals surface area contributed by atoms with E-state index in [0.29, 0.717) is 12.6 Å². The standard InChI is InChI=1S/C10H18N2OS/c1-9-4-7-14-8-6-12(9)10(13)3-2-5-11/h2-3,9H,4-8,11H2,1H3/b3-2+. The predicted molar refractivity (Wildman–Crippen MR) is 61.3 cm³/mol. The molecule has 0 aromatic heterocycles. The van der Waals surface area contributed by atoms with Gasteiger partial charge in [0.15, 0.2) is 0 Å². The minimum Gasteiger partial charge on any atom is -0.336 e. The first kappa shape index (κ1) is 11.6. The van der Waals surface area contributed by atoms with Gasteiger partial charge in [-0.15, -0.1) is 0 Å². The SMILES string of the molecule is CC1CCSCCN1C(=O)/C=C/CN. The second-order valence-electron chi connectivity index (χ2n) is 3.42. The summed E-state index contributed by atoms with van der Waals surface area (Å²) in [6.45, 7) is 3.41. The number of rotatable bonds is 2. The van der Waals surface area contributed by atoms with Gasteiger partial charge >= 0.3 is 0 Å². The molecule has 2 N–H and O–H groups in total. The third kappa shape index (κ3) is 3.35. The molecule has 0 aromatic rings. The third-order valence-electron chi connectivity index (χ3n) is 2.37. The van der Waals surface area contributed by atoms with Crippen molar-refractivity contribution in [3.8, 4) is 0 Å². The van der Waals surface area contributed by atoms with E-state index in [1.54, 1.807) is 12.2 Å². The molecule has 0 saturated carbocycles. The summed E-state index contributed by atoms with van der Waals surface area (Å²) in [7, 11) is 0. The monoisotopic (exact) mass is 214 g/mol. The van der Waals surface area contributed by atoms with E-state index in [0.717, 1.165) is 24.5 Å². The molecule has 4 heteroatoms. The predicted octanol–water partition coefficient (Wildman–Crippen LogP) is 0.855. The van der Waals surface area contributed by atoms with Gasteiger partial charge in [-0.3, -0.25) is 4.79 Å². The van der Waals surface area contributed by atoms with Gasteiger partial charge in [0.2, 0.25) is 5.91 Å². The number of nitrogens with zero attached hydrogens (tertiary/aromatic N) is 1. The zero-order chi connectivity index (χ0) is 10.4. The Labute approximate surface area is 89.7 Å². The minimum absolute atomic E-state index is 0.102. The number of nitrogens with two attached hydrogens (primary N) is 1. The Morgan fingerprint density at radius 2 is 2.43 bits per heavy atom. The van der Waals surface area contributed by atoms with Crippen molar-refractivity contribution in [2.75, 3.05) is 24.6 Å². The lowest BCUT2D eigenvalue weighted by Gasteiger charge is -2.25. The van der Waals surface area contributed by atoms with Crippen LogP contribution in [0, 0.1) is 0 Å².